The number of benzene rings is 2. The van der Waals surface area contributed by atoms with Crippen LogP contribution in [0.4, 0.5) is 11.5 Å². The van der Waals surface area contributed by atoms with Crippen molar-refractivity contribution in [3.8, 4) is 0 Å². The van der Waals surface area contributed by atoms with Crippen LogP contribution in [-0.4, -0.2) is 23.1 Å². The summed E-state index contributed by atoms with van der Waals surface area (Å²) in [5.74, 6) is 1.12. The Bertz CT molecular complexity index is 805. The molecule has 3 nitrogen and oxygen atoms in total. The summed E-state index contributed by atoms with van der Waals surface area (Å²) < 4.78 is 2.25. The number of rotatable bonds is 5. The molecular formula is C22H25N3. The lowest BCUT2D eigenvalue weighted by Crippen LogP contribution is -2.17. The molecule has 1 unspecified atom stereocenters. The van der Waals surface area contributed by atoms with Gasteiger partial charge in [-0.2, -0.15) is 0 Å². The predicted molar refractivity (Wildman–Crippen MR) is 104 cm³/mol. The van der Waals surface area contributed by atoms with Gasteiger partial charge in [0, 0.05) is 24.5 Å². The quantitative estimate of drug-likeness (QED) is 0.706. The summed E-state index contributed by atoms with van der Waals surface area (Å²) in [6.45, 7) is 2.09. The molecule has 4 rings (SSSR count). The molecular weight excluding hydrogens is 306 g/mol. The molecule has 1 saturated heterocycles. The van der Waals surface area contributed by atoms with E-state index in [2.05, 4.69) is 76.6 Å². The van der Waals surface area contributed by atoms with Gasteiger partial charge in [0.25, 0.3) is 0 Å². The van der Waals surface area contributed by atoms with Crippen LogP contribution >= 0.6 is 0 Å². The van der Waals surface area contributed by atoms with Crippen LogP contribution < -0.4 is 5.32 Å². The van der Waals surface area contributed by atoms with E-state index in [4.69, 9.17) is 0 Å². The molecule has 2 heterocycles. The van der Waals surface area contributed by atoms with Crippen LogP contribution in [0.15, 0.2) is 72.9 Å². The normalized spacial score (nSPS) is 17.7. The lowest BCUT2D eigenvalue weighted by molar-refractivity contribution is 0.317. The van der Waals surface area contributed by atoms with Crippen molar-refractivity contribution < 1.29 is 0 Å². The molecule has 1 aliphatic heterocycles. The topological polar surface area (TPSA) is 20.2 Å². The molecule has 1 fully saturated rings. The van der Waals surface area contributed by atoms with E-state index < -0.39 is 0 Å². The SMILES string of the molecule is CN1CCCC1c1ccc(Cn2cccc2Nc2ccccc2)cc1. The van der Waals surface area contributed by atoms with Crippen LogP contribution in [0.25, 0.3) is 0 Å². The Labute approximate surface area is 149 Å². The molecule has 3 heteroatoms. The van der Waals surface area contributed by atoms with Gasteiger partial charge in [-0.25, -0.2) is 0 Å². The zero-order valence-electron chi connectivity index (χ0n) is 14.7. The number of aromatic nitrogens is 1. The highest BCUT2D eigenvalue weighted by molar-refractivity contribution is 5.56. The first kappa shape index (κ1) is 16.0. The second-order valence-electron chi connectivity index (χ2n) is 6.89. The van der Waals surface area contributed by atoms with Gasteiger partial charge in [-0.3, -0.25) is 4.90 Å². The smallest absolute Gasteiger partial charge is 0.110 e. The van der Waals surface area contributed by atoms with E-state index in [1.807, 2.05) is 18.2 Å². The molecule has 0 radical (unpaired) electrons. The number of likely N-dealkylation sites (tertiary alicyclic amines) is 1. The Balaban J connectivity index is 1.47. The summed E-state index contributed by atoms with van der Waals surface area (Å²) >= 11 is 0. The molecule has 1 atom stereocenters. The molecule has 0 aliphatic carbocycles. The fourth-order valence-electron chi connectivity index (χ4n) is 3.71. The zero-order chi connectivity index (χ0) is 17.1. The van der Waals surface area contributed by atoms with Crippen molar-refractivity contribution in [3.05, 3.63) is 84.1 Å². The van der Waals surface area contributed by atoms with Crippen molar-refractivity contribution in [2.24, 2.45) is 0 Å². The Morgan fingerprint density at radius 2 is 1.76 bits per heavy atom. The maximum absolute atomic E-state index is 3.49. The van der Waals surface area contributed by atoms with Gasteiger partial charge >= 0.3 is 0 Å². The standard InChI is InChI=1S/C22H25N3/c1-24-15-5-9-21(24)19-13-11-18(12-14-19)17-25-16-6-10-22(25)23-20-7-3-2-4-8-20/h2-4,6-8,10-14,16,21,23H,5,9,15,17H2,1H3. The van der Waals surface area contributed by atoms with Gasteiger partial charge in [0.05, 0.1) is 0 Å². The maximum atomic E-state index is 3.49. The Hall–Kier alpha value is -2.52. The highest BCUT2D eigenvalue weighted by Gasteiger charge is 2.22. The Kier molecular flexibility index (Phi) is 4.57. The van der Waals surface area contributed by atoms with Crippen molar-refractivity contribution in [2.45, 2.75) is 25.4 Å². The van der Waals surface area contributed by atoms with E-state index in [1.165, 1.54) is 30.5 Å². The van der Waals surface area contributed by atoms with E-state index in [0.29, 0.717) is 6.04 Å². The van der Waals surface area contributed by atoms with E-state index in [1.54, 1.807) is 0 Å². The van der Waals surface area contributed by atoms with Crippen molar-refractivity contribution in [1.29, 1.82) is 0 Å². The molecule has 1 N–H and O–H groups in total. The second-order valence-corrected chi connectivity index (χ2v) is 6.89. The van der Waals surface area contributed by atoms with Crippen molar-refractivity contribution in [3.63, 3.8) is 0 Å². The van der Waals surface area contributed by atoms with Gasteiger partial charge in [-0.15, -0.1) is 0 Å². The van der Waals surface area contributed by atoms with Crippen molar-refractivity contribution in [1.82, 2.24) is 9.47 Å². The first-order chi connectivity index (χ1) is 12.3. The van der Waals surface area contributed by atoms with Gasteiger partial charge in [0.1, 0.15) is 5.82 Å². The molecule has 2 aromatic carbocycles. The van der Waals surface area contributed by atoms with E-state index in [9.17, 15) is 0 Å². The first-order valence-electron chi connectivity index (χ1n) is 9.06. The summed E-state index contributed by atoms with van der Waals surface area (Å²) in [6, 6.07) is 24.3. The van der Waals surface area contributed by atoms with Crippen LogP contribution in [-0.2, 0) is 6.54 Å². The van der Waals surface area contributed by atoms with Crippen molar-refractivity contribution in [2.75, 3.05) is 18.9 Å². The average Bonchev–Trinajstić information content (AvgIpc) is 3.26. The molecule has 25 heavy (non-hydrogen) atoms. The van der Waals surface area contributed by atoms with Gasteiger partial charge in [0.15, 0.2) is 0 Å². The number of nitrogens with zero attached hydrogens (tertiary/aromatic N) is 2. The number of nitrogens with one attached hydrogen (secondary N) is 1. The molecule has 0 amide bonds. The second kappa shape index (κ2) is 7.16. The third-order valence-electron chi connectivity index (χ3n) is 5.11. The Morgan fingerprint density at radius 3 is 2.48 bits per heavy atom. The van der Waals surface area contributed by atoms with Gasteiger partial charge in [-0.1, -0.05) is 42.5 Å². The number of anilines is 2. The maximum Gasteiger partial charge on any atom is 0.110 e. The van der Waals surface area contributed by atoms with E-state index >= 15 is 0 Å². The highest BCUT2D eigenvalue weighted by atomic mass is 15.1. The van der Waals surface area contributed by atoms with E-state index in [0.717, 1.165) is 18.1 Å². The summed E-state index contributed by atoms with van der Waals surface area (Å²) in [4.78, 5) is 2.46. The zero-order valence-corrected chi connectivity index (χ0v) is 14.7. The number of hydrogen-bond donors (Lipinski definition) is 1. The van der Waals surface area contributed by atoms with Crippen LogP contribution in [0.5, 0.6) is 0 Å². The highest BCUT2D eigenvalue weighted by Crippen LogP contribution is 2.30. The van der Waals surface area contributed by atoms with E-state index in [-0.39, 0.29) is 0 Å². The lowest BCUT2D eigenvalue weighted by Gasteiger charge is -2.20. The molecule has 128 valence electrons. The molecule has 0 bridgehead atoms. The summed E-state index contributed by atoms with van der Waals surface area (Å²) in [6.07, 6.45) is 4.71. The Morgan fingerprint density at radius 1 is 0.960 bits per heavy atom. The number of hydrogen-bond acceptors (Lipinski definition) is 2. The van der Waals surface area contributed by atoms with Gasteiger partial charge < -0.3 is 9.88 Å². The fraction of sp³-hybridized carbons (Fsp3) is 0.273. The average molecular weight is 331 g/mol. The van der Waals surface area contributed by atoms with Crippen molar-refractivity contribution >= 4 is 11.5 Å². The monoisotopic (exact) mass is 331 g/mol. The predicted octanol–water partition coefficient (Wildman–Crippen LogP) is 5.05. The third kappa shape index (κ3) is 3.62. The summed E-state index contributed by atoms with van der Waals surface area (Å²) in [7, 11) is 2.23. The molecule has 0 saturated carbocycles. The van der Waals surface area contributed by atoms with Gasteiger partial charge in [0.2, 0.25) is 0 Å². The first-order valence-corrected chi connectivity index (χ1v) is 9.06. The molecule has 1 aliphatic rings. The van der Waals surface area contributed by atoms with Crippen LogP contribution in [0.3, 0.4) is 0 Å². The minimum Gasteiger partial charge on any atom is -0.342 e. The van der Waals surface area contributed by atoms with Crippen LogP contribution in [0.1, 0.15) is 30.0 Å². The summed E-state index contributed by atoms with van der Waals surface area (Å²) in [5, 5.41) is 3.49. The van der Waals surface area contributed by atoms with Crippen LogP contribution in [0, 0.1) is 0 Å². The largest absolute Gasteiger partial charge is 0.342 e. The van der Waals surface area contributed by atoms with Gasteiger partial charge in [-0.05, 0) is 61.8 Å². The summed E-state index contributed by atoms with van der Waals surface area (Å²) in [5.41, 5.74) is 3.89. The third-order valence-corrected chi connectivity index (χ3v) is 5.11. The minimum absolute atomic E-state index is 0.593. The molecule has 3 aromatic rings. The lowest BCUT2D eigenvalue weighted by atomic mass is 10.0. The van der Waals surface area contributed by atoms with Crippen LogP contribution in [0.2, 0.25) is 0 Å². The number of para-hydroxylation sites is 1. The molecule has 0 spiro atoms. The molecule has 1 aromatic heterocycles. The minimum atomic E-state index is 0.593. The fourth-order valence-corrected chi connectivity index (χ4v) is 3.71.